The summed E-state index contributed by atoms with van der Waals surface area (Å²) < 4.78 is 17.5. The van der Waals surface area contributed by atoms with Crippen LogP contribution < -0.4 is 9.47 Å². The summed E-state index contributed by atoms with van der Waals surface area (Å²) in [5, 5.41) is 0. The van der Waals surface area contributed by atoms with Crippen molar-refractivity contribution in [2.45, 2.75) is 31.0 Å². The number of fused-ring (bicyclic) bond motifs is 1. The Balaban J connectivity index is 1.50. The van der Waals surface area contributed by atoms with Crippen LogP contribution >= 0.6 is 0 Å². The van der Waals surface area contributed by atoms with Gasteiger partial charge in [0.1, 0.15) is 17.1 Å². The van der Waals surface area contributed by atoms with Crippen molar-refractivity contribution in [3.63, 3.8) is 0 Å². The molecule has 2 aliphatic heterocycles. The number of para-hydroxylation sites is 2. The Kier molecular flexibility index (Phi) is 4.79. The van der Waals surface area contributed by atoms with Gasteiger partial charge in [0.15, 0.2) is 0 Å². The van der Waals surface area contributed by atoms with Gasteiger partial charge < -0.3 is 19.1 Å². The first kappa shape index (κ1) is 17.9. The second-order valence-corrected chi connectivity index (χ2v) is 7.24. The molecular formula is C22H25NO4. The van der Waals surface area contributed by atoms with Gasteiger partial charge in [-0.3, -0.25) is 4.79 Å². The highest BCUT2D eigenvalue weighted by atomic mass is 16.5. The van der Waals surface area contributed by atoms with Crippen molar-refractivity contribution in [1.29, 1.82) is 0 Å². The van der Waals surface area contributed by atoms with Gasteiger partial charge >= 0.3 is 0 Å². The fourth-order valence-electron chi connectivity index (χ4n) is 4.19. The van der Waals surface area contributed by atoms with E-state index in [4.69, 9.17) is 14.2 Å². The normalized spacial score (nSPS) is 20.7. The third-order valence-corrected chi connectivity index (χ3v) is 5.73. The number of nitrogens with zero attached hydrogens (tertiary/aromatic N) is 1. The molecule has 2 aromatic rings. The van der Waals surface area contributed by atoms with Gasteiger partial charge in [-0.2, -0.15) is 0 Å². The Morgan fingerprint density at radius 2 is 1.78 bits per heavy atom. The van der Waals surface area contributed by atoms with Gasteiger partial charge in [0.2, 0.25) is 0 Å². The first-order valence-corrected chi connectivity index (χ1v) is 9.39. The van der Waals surface area contributed by atoms with Crippen molar-refractivity contribution in [2.24, 2.45) is 0 Å². The second kappa shape index (κ2) is 7.24. The van der Waals surface area contributed by atoms with E-state index in [9.17, 15) is 4.79 Å². The van der Waals surface area contributed by atoms with E-state index in [1.54, 1.807) is 14.2 Å². The summed E-state index contributed by atoms with van der Waals surface area (Å²) >= 11 is 0. The number of likely N-dealkylation sites (tertiary alicyclic amines) is 1. The molecule has 1 fully saturated rings. The zero-order valence-corrected chi connectivity index (χ0v) is 15.8. The Labute approximate surface area is 159 Å². The fourth-order valence-corrected chi connectivity index (χ4v) is 4.19. The zero-order valence-electron chi connectivity index (χ0n) is 15.8. The van der Waals surface area contributed by atoms with E-state index in [-0.39, 0.29) is 17.6 Å². The molecule has 1 amide bonds. The summed E-state index contributed by atoms with van der Waals surface area (Å²) in [6.45, 7) is 1.32. The van der Waals surface area contributed by atoms with E-state index < -0.39 is 0 Å². The molecular weight excluding hydrogens is 342 g/mol. The zero-order chi connectivity index (χ0) is 18.9. The van der Waals surface area contributed by atoms with Gasteiger partial charge in [-0.25, -0.2) is 0 Å². The summed E-state index contributed by atoms with van der Waals surface area (Å²) in [7, 11) is 3.34. The summed E-state index contributed by atoms with van der Waals surface area (Å²) in [4.78, 5) is 14.8. The average molecular weight is 367 g/mol. The number of hydrogen-bond donors (Lipinski definition) is 0. The highest BCUT2D eigenvalue weighted by molar-refractivity contribution is 5.97. The number of carbonyl (C=O) groups is 1. The predicted octanol–water partition coefficient (Wildman–Crippen LogP) is 3.84. The number of rotatable bonds is 3. The molecule has 1 unspecified atom stereocenters. The number of benzene rings is 2. The topological polar surface area (TPSA) is 48.0 Å². The number of hydrogen-bond acceptors (Lipinski definition) is 4. The van der Waals surface area contributed by atoms with Crippen LogP contribution in [0.25, 0.3) is 0 Å². The maximum absolute atomic E-state index is 12.9. The van der Waals surface area contributed by atoms with Gasteiger partial charge in [-0.05, 0) is 18.2 Å². The smallest absolute Gasteiger partial charge is 0.257 e. The molecule has 27 heavy (non-hydrogen) atoms. The minimum Gasteiger partial charge on any atom is -0.496 e. The fraction of sp³-hybridized carbons (Fsp3) is 0.409. The first-order valence-electron chi connectivity index (χ1n) is 9.39. The summed E-state index contributed by atoms with van der Waals surface area (Å²) in [5.74, 6) is 1.53. The third-order valence-electron chi connectivity index (χ3n) is 5.73. The molecule has 142 valence electrons. The molecule has 1 atom stereocenters. The monoisotopic (exact) mass is 367 g/mol. The molecule has 5 heteroatoms. The third kappa shape index (κ3) is 3.28. The van der Waals surface area contributed by atoms with E-state index in [2.05, 4.69) is 6.07 Å². The molecule has 0 aliphatic carbocycles. The van der Waals surface area contributed by atoms with E-state index in [1.807, 2.05) is 47.4 Å². The SMILES string of the molecule is COc1ccccc1C(=O)N1CCC2(CC1)CC(OC)c1ccccc1O2. The van der Waals surface area contributed by atoms with Gasteiger partial charge in [0.25, 0.3) is 5.91 Å². The molecule has 0 N–H and O–H groups in total. The van der Waals surface area contributed by atoms with Gasteiger partial charge in [0, 0.05) is 45.0 Å². The quantitative estimate of drug-likeness (QED) is 0.827. The lowest BCUT2D eigenvalue weighted by molar-refractivity contribution is -0.0609. The molecule has 2 aromatic carbocycles. The van der Waals surface area contributed by atoms with E-state index in [1.165, 1.54) is 0 Å². The van der Waals surface area contributed by atoms with Crippen molar-refractivity contribution in [1.82, 2.24) is 4.90 Å². The number of methoxy groups -OCH3 is 2. The number of amides is 1. The molecule has 0 aromatic heterocycles. The molecule has 1 saturated heterocycles. The van der Waals surface area contributed by atoms with Crippen molar-refractivity contribution in [3.05, 3.63) is 59.7 Å². The summed E-state index contributed by atoms with van der Waals surface area (Å²) in [5.41, 5.74) is 1.45. The van der Waals surface area contributed by atoms with E-state index in [0.717, 1.165) is 30.6 Å². The van der Waals surface area contributed by atoms with E-state index in [0.29, 0.717) is 24.4 Å². The van der Waals surface area contributed by atoms with Crippen LogP contribution in [-0.4, -0.2) is 43.7 Å². The van der Waals surface area contributed by atoms with Crippen LogP contribution in [0.1, 0.15) is 41.3 Å². The summed E-state index contributed by atoms with van der Waals surface area (Å²) in [6, 6.07) is 15.5. The molecule has 4 rings (SSSR count). The Bertz CT molecular complexity index is 827. The van der Waals surface area contributed by atoms with Gasteiger partial charge in [-0.15, -0.1) is 0 Å². The largest absolute Gasteiger partial charge is 0.496 e. The number of piperidine rings is 1. The molecule has 0 bridgehead atoms. The summed E-state index contributed by atoms with van der Waals surface area (Å²) in [6.07, 6.45) is 2.44. The van der Waals surface area contributed by atoms with Crippen LogP contribution in [0.2, 0.25) is 0 Å². The second-order valence-electron chi connectivity index (χ2n) is 7.24. The van der Waals surface area contributed by atoms with Crippen molar-refractivity contribution < 1.29 is 19.0 Å². The Morgan fingerprint density at radius 1 is 1.07 bits per heavy atom. The lowest BCUT2D eigenvalue weighted by atomic mass is 9.81. The van der Waals surface area contributed by atoms with Gasteiger partial charge in [0.05, 0.1) is 18.8 Å². The van der Waals surface area contributed by atoms with E-state index >= 15 is 0 Å². The van der Waals surface area contributed by atoms with Crippen LogP contribution in [-0.2, 0) is 4.74 Å². The van der Waals surface area contributed by atoms with Crippen LogP contribution in [0.4, 0.5) is 0 Å². The lowest BCUT2D eigenvalue weighted by Crippen LogP contribution is -2.52. The van der Waals surface area contributed by atoms with Gasteiger partial charge in [-0.1, -0.05) is 30.3 Å². The molecule has 2 aliphatic rings. The molecule has 2 heterocycles. The molecule has 1 spiro atoms. The highest BCUT2D eigenvalue weighted by Crippen LogP contribution is 2.45. The number of carbonyl (C=O) groups excluding carboxylic acids is 1. The van der Waals surface area contributed by atoms with Crippen LogP contribution in [0.15, 0.2) is 48.5 Å². The minimum absolute atomic E-state index is 0.0156. The van der Waals surface area contributed by atoms with Crippen molar-refractivity contribution in [3.8, 4) is 11.5 Å². The highest BCUT2D eigenvalue weighted by Gasteiger charge is 2.44. The van der Waals surface area contributed by atoms with Crippen LogP contribution in [0, 0.1) is 0 Å². The first-order chi connectivity index (χ1) is 13.2. The average Bonchev–Trinajstić information content (AvgIpc) is 2.73. The van der Waals surface area contributed by atoms with Crippen LogP contribution in [0.3, 0.4) is 0 Å². The Hall–Kier alpha value is -2.53. The maximum atomic E-state index is 12.9. The van der Waals surface area contributed by atoms with Crippen molar-refractivity contribution >= 4 is 5.91 Å². The Morgan fingerprint density at radius 3 is 2.52 bits per heavy atom. The standard InChI is InChI=1S/C22H25NO4/c1-25-18-9-5-4-8-17(18)21(24)23-13-11-22(12-14-23)15-20(26-2)16-7-3-6-10-19(16)27-22/h3-10,20H,11-15H2,1-2H3. The molecule has 0 radical (unpaired) electrons. The minimum atomic E-state index is -0.271. The number of ether oxygens (including phenoxy) is 3. The van der Waals surface area contributed by atoms with Crippen molar-refractivity contribution in [2.75, 3.05) is 27.3 Å². The van der Waals surface area contributed by atoms with Crippen LogP contribution in [0.5, 0.6) is 11.5 Å². The molecule has 0 saturated carbocycles. The maximum Gasteiger partial charge on any atom is 0.257 e. The molecule has 5 nitrogen and oxygen atoms in total. The predicted molar refractivity (Wildman–Crippen MR) is 102 cm³/mol. The lowest BCUT2D eigenvalue weighted by Gasteiger charge is -2.46.